The van der Waals surface area contributed by atoms with Crippen LogP contribution < -0.4 is 10.6 Å². The molecule has 2 atom stereocenters. The van der Waals surface area contributed by atoms with Gasteiger partial charge in [-0.3, -0.25) is 9.59 Å². The predicted octanol–water partition coefficient (Wildman–Crippen LogP) is 7.12. The van der Waals surface area contributed by atoms with E-state index in [0.717, 1.165) is 90.4 Å². The topological polar surface area (TPSA) is 76.7 Å². The van der Waals surface area contributed by atoms with Crippen LogP contribution in [-0.2, 0) is 19.1 Å². The van der Waals surface area contributed by atoms with Gasteiger partial charge in [0.25, 0.3) is 0 Å². The maximum atomic E-state index is 12.8. The summed E-state index contributed by atoms with van der Waals surface area (Å²) in [4.78, 5) is 25.7. The Kier molecular flexibility index (Phi) is 10.7. The van der Waals surface area contributed by atoms with E-state index in [0.29, 0.717) is 25.0 Å². The molecule has 6 heteroatoms. The monoisotopic (exact) mass is 562 g/mol. The van der Waals surface area contributed by atoms with Crippen molar-refractivity contribution in [2.24, 2.45) is 11.8 Å². The molecule has 2 N–H and O–H groups in total. The Hall–Kier alpha value is -3.02. The number of carbonyl (C=O) groups is 2. The van der Waals surface area contributed by atoms with Crippen molar-refractivity contribution < 1.29 is 19.1 Å². The van der Waals surface area contributed by atoms with Crippen LogP contribution in [0.15, 0.2) is 68.5 Å². The lowest BCUT2D eigenvalue weighted by Gasteiger charge is -2.25. The minimum atomic E-state index is 0.0883. The third-order valence-electron chi connectivity index (χ3n) is 8.92. The van der Waals surface area contributed by atoms with Gasteiger partial charge in [-0.2, -0.15) is 0 Å². The fourth-order valence-corrected chi connectivity index (χ4v) is 7.18. The smallest absolute Gasteiger partial charge is 0.162 e. The number of Topliss-reactive ketones (excluding diaryl/α,β-unsaturated/α-hetero) is 2. The zero-order chi connectivity index (χ0) is 29.5. The molecule has 0 unspecified atom stereocenters. The zero-order valence-corrected chi connectivity index (χ0v) is 26.1. The van der Waals surface area contributed by atoms with E-state index in [9.17, 15) is 9.59 Å². The van der Waals surface area contributed by atoms with Crippen LogP contribution in [0.1, 0.15) is 99.3 Å². The molecular formula is C35H50N2O4. The second-order valence-electron chi connectivity index (χ2n) is 11.8. The Balaban J connectivity index is 1.43. The molecule has 0 amide bonds. The maximum absolute atomic E-state index is 12.8. The molecule has 4 aliphatic rings. The Morgan fingerprint density at radius 1 is 0.707 bits per heavy atom. The van der Waals surface area contributed by atoms with Crippen molar-refractivity contribution in [1.29, 1.82) is 0 Å². The van der Waals surface area contributed by atoms with Crippen LogP contribution in [0.25, 0.3) is 0 Å². The first-order chi connectivity index (χ1) is 19.8. The number of allylic oxidation sites excluding steroid dienone is 10. The highest BCUT2D eigenvalue weighted by molar-refractivity contribution is 6.00. The molecule has 0 spiro atoms. The van der Waals surface area contributed by atoms with Gasteiger partial charge in [-0.15, -0.1) is 0 Å². The Morgan fingerprint density at radius 2 is 1.12 bits per heavy atom. The first kappa shape index (κ1) is 30.9. The zero-order valence-electron chi connectivity index (χ0n) is 26.1. The standard InChI is InChI=1S/C35H50N2O4/c1-7-40-32-20-30(26-14-9-11-16-28(26)32)34(24(5)38)22(3)36-18-13-19-37-23(4)35(25(6)39)31-21-33(41-8-2)29-17-12-10-15-27(29)31/h20-21,28-29,36-37H,7-19H2,1-6H3/b34-22+,35-23+/t28-,29+. The minimum absolute atomic E-state index is 0.0883. The Bertz CT molecular complexity index is 1130. The molecule has 4 rings (SSSR count). The van der Waals surface area contributed by atoms with Crippen molar-refractivity contribution in [1.82, 2.24) is 10.6 Å². The summed E-state index contributed by atoms with van der Waals surface area (Å²) in [6.07, 6.45) is 14.1. The van der Waals surface area contributed by atoms with Gasteiger partial charge >= 0.3 is 0 Å². The quantitative estimate of drug-likeness (QED) is 0.173. The lowest BCUT2D eigenvalue weighted by atomic mass is 9.83. The van der Waals surface area contributed by atoms with Crippen LogP contribution in [0.2, 0.25) is 0 Å². The molecule has 4 aliphatic carbocycles. The van der Waals surface area contributed by atoms with Gasteiger partial charge in [0.2, 0.25) is 0 Å². The Morgan fingerprint density at radius 3 is 1.49 bits per heavy atom. The van der Waals surface area contributed by atoms with E-state index in [1.165, 1.54) is 36.8 Å². The Labute approximate surface area is 247 Å². The predicted molar refractivity (Wildman–Crippen MR) is 165 cm³/mol. The number of nitrogens with one attached hydrogen (secondary N) is 2. The number of carbonyl (C=O) groups excluding carboxylic acids is 2. The van der Waals surface area contributed by atoms with E-state index in [1.54, 1.807) is 13.8 Å². The SMILES string of the molecule is CCOC1=CC(/C(C(C)=O)=C(\C)NCCCN/C(C)=C(\C(C)=O)C2=C3CCCC[C@H]3C(OCC)=C2)=C2CCCC[C@H]12. The summed E-state index contributed by atoms with van der Waals surface area (Å²) in [5.74, 6) is 2.88. The molecule has 224 valence electrons. The van der Waals surface area contributed by atoms with E-state index >= 15 is 0 Å². The number of hydrogen-bond acceptors (Lipinski definition) is 6. The molecule has 6 nitrogen and oxygen atoms in total. The maximum Gasteiger partial charge on any atom is 0.162 e. The van der Waals surface area contributed by atoms with Crippen LogP contribution in [0.4, 0.5) is 0 Å². The van der Waals surface area contributed by atoms with E-state index < -0.39 is 0 Å². The van der Waals surface area contributed by atoms with Gasteiger partial charge < -0.3 is 20.1 Å². The van der Waals surface area contributed by atoms with Crippen molar-refractivity contribution in [2.45, 2.75) is 99.3 Å². The highest BCUT2D eigenvalue weighted by Crippen LogP contribution is 2.46. The third-order valence-corrected chi connectivity index (χ3v) is 8.92. The average molecular weight is 563 g/mol. The normalized spacial score (nSPS) is 23.2. The number of rotatable bonds is 14. The minimum Gasteiger partial charge on any atom is -0.498 e. The van der Waals surface area contributed by atoms with Crippen molar-refractivity contribution in [2.75, 3.05) is 26.3 Å². The van der Waals surface area contributed by atoms with E-state index in [2.05, 4.69) is 22.8 Å². The first-order valence-corrected chi connectivity index (χ1v) is 15.8. The van der Waals surface area contributed by atoms with E-state index in [1.807, 2.05) is 27.7 Å². The lowest BCUT2D eigenvalue weighted by Crippen LogP contribution is -2.23. The first-order valence-electron chi connectivity index (χ1n) is 15.8. The van der Waals surface area contributed by atoms with Crippen LogP contribution in [0.3, 0.4) is 0 Å². The molecule has 0 aliphatic heterocycles. The van der Waals surface area contributed by atoms with Crippen LogP contribution >= 0.6 is 0 Å². The fourth-order valence-electron chi connectivity index (χ4n) is 7.18. The third kappa shape index (κ3) is 6.90. The average Bonchev–Trinajstić information content (AvgIpc) is 3.47. The fraction of sp³-hybridized carbons (Fsp3) is 0.600. The van der Waals surface area contributed by atoms with Crippen LogP contribution in [0, 0.1) is 11.8 Å². The summed E-state index contributed by atoms with van der Waals surface area (Å²) in [5.41, 5.74) is 8.31. The summed E-state index contributed by atoms with van der Waals surface area (Å²) >= 11 is 0. The van der Waals surface area contributed by atoms with Gasteiger partial charge in [0.1, 0.15) is 11.5 Å². The van der Waals surface area contributed by atoms with Crippen molar-refractivity contribution in [3.8, 4) is 0 Å². The molecule has 0 aromatic carbocycles. The summed E-state index contributed by atoms with van der Waals surface area (Å²) < 4.78 is 12.0. The molecule has 2 saturated carbocycles. The van der Waals surface area contributed by atoms with Crippen molar-refractivity contribution in [3.05, 3.63) is 68.5 Å². The molecule has 0 aromatic rings. The molecule has 0 radical (unpaired) electrons. The van der Waals surface area contributed by atoms with Gasteiger partial charge in [0.05, 0.1) is 13.2 Å². The van der Waals surface area contributed by atoms with Crippen molar-refractivity contribution >= 4 is 11.6 Å². The van der Waals surface area contributed by atoms with Crippen LogP contribution in [0.5, 0.6) is 0 Å². The summed E-state index contributed by atoms with van der Waals surface area (Å²) in [7, 11) is 0. The second-order valence-corrected chi connectivity index (χ2v) is 11.8. The van der Waals surface area contributed by atoms with Crippen molar-refractivity contribution in [3.63, 3.8) is 0 Å². The van der Waals surface area contributed by atoms with Gasteiger partial charge in [-0.1, -0.05) is 24.0 Å². The molecule has 2 fully saturated rings. The summed E-state index contributed by atoms with van der Waals surface area (Å²) in [5, 5.41) is 7.03. The molecule has 0 heterocycles. The lowest BCUT2D eigenvalue weighted by molar-refractivity contribution is -0.114. The molecule has 0 bridgehead atoms. The highest BCUT2D eigenvalue weighted by atomic mass is 16.5. The molecule has 0 saturated heterocycles. The van der Waals surface area contributed by atoms with Crippen LogP contribution in [-0.4, -0.2) is 37.9 Å². The second kappa shape index (κ2) is 14.2. The number of ketones is 2. The number of fused-ring (bicyclic) bond motifs is 2. The largest absolute Gasteiger partial charge is 0.498 e. The van der Waals surface area contributed by atoms with E-state index in [-0.39, 0.29) is 11.6 Å². The highest BCUT2D eigenvalue weighted by Gasteiger charge is 2.35. The molecule has 0 aromatic heterocycles. The summed E-state index contributed by atoms with van der Waals surface area (Å²) in [6, 6.07) is 0. The summed E-state index contributed by atoms with van der Waals surface area (Å²) in [6.45, 7) is 14.2. The van der Waals surface area contributed by atoms with Gasteiger partial charge in [0, 0.05) is 47.5 Å². The van der Waals surface area contributed by atoms with E-state index in [4.69, 9.17) is 9.47 Å². The molecular weight excluding hydrogens is 512 g/mol. The molecule has 41 heavy (non-hydrogen) atoms. The van der Waals surface area contributed by atoms with Gasteiger partial charge in [-0.05, 0) is 110 Å². The van der Waals surface area contributed by atoms with Gasteiger partial charge in [0.15, 0.2) is 11.6 Å². The number of hydrogen-bond donors (Lipinski definition) is 2. The van der Waals surface area contributed by atoms with Gasteiger partial charge in [-0.25, -0.2) is 0 Å². The number of ether oxygens (including phenoxy) is 2.